The van der Waals surface area contributed by atoms with E-state index in [4.69, 9.17) is 0 Å². The summed E-state index contributed by atoms with van der Waals surface area (Å²) in [4.78, 5) is 24.9. The number of carbonyl (C=O) groups is 1. The van der Waals surface area contributed by atoms with E-state index in [2.05, 4.69) is 10.4 Å². The normalized spacial score (nSPS) is 21.8. The number of hydrogen-bond donors (Lipinski definition) is 2. The lowest BCUT2D eigenvalue weighted by Crippen LogP contribution is -2.22. The molecule has 7 heteroatoms. The van der Waals surface area contributed by atoms with Gasteiger partial charge in [0.15, 0.2) is 0 Å². The standard InChI is InChI=1S/C17H19N3O2S2/c21-13-10-24-15(11-4-2-1-3-5-11)14-16(18-13)20(19-17(14)22)12-6-8-23-9-7-12/h1-5,12,15H,6-10H2,(H,18,21)(H,19,22). The summed E-state index contributed by atoms with van der Waals surface area (Å²) in [6.45, 7) is 0. The molecule has 1 saturated heterocycles. The number of rotatable bonds is 2. The molecule has 1 fully saturated rings. The van der Waals surface area contributed by atoms with E-state index in [1.807, 2.05) is 46.8 Å². The average Bonchev–Trinajstić information content (AvgIpc) is 2.83. The van der Waals surface area contributed by atoms with E-state index in [0.717, 1.165) is 29.9 Å². The number of carbonyl (C=O) groups excluding carboxylic acids is 1. The van der Waals surface area contributed by atoms with Crippen molar-refractivity contribution in [3.8, 4) is 0 Å². The summed E-state index contributed by atoms with van der Waals surface area (Å²) in [5.41, 5.74) is 1.64. The first-order chi connectivity index (χ1) is 11.7. The van der Waals surface area contributed by atoms with Crippen molar-refractivity contribution in [2.45, 2.75) is 24.1 Å². The zero-order valence-electron chi connectivity index (χ0n) is 13.2. The molecule has 0 aliphatic carbocycles. The number of hydrogen-bond acceptors (Lipinski definition) is 4. The van der Waals surface area contributed by atoms with Gasteiger partial charge in [0.2, 0.25) is 5.91 Å². The largest absolute Gasteiger partial charge is 0.310 e. The number of benzene rings is 1. The van der Waals surface area contributed by atoms with Crippen LogP contribution in [0.25, 0.3) is 0 Å². The quantitative estimate of drug-likeness (QED) is 0.863. The number of H-pyrrole nitrogens is 1. The van der Waals surface area contributed by atoms with Gasteiger partial charge in [-0.25, -0.2) is 0 Å². The molecule has 126 valence electrons. The second-order valence-corrected chi connectivity index (χ2v) is 8.38. The highest BCUT2D eigenvalue weighted by Gasteiger charge is 2.32. The molecule has 2 aromatic rings. The Morgan fingerprint density at radius 1 is 1.08 bits per heavy atom. The van der Waals surface area contributed by atoms with Gasteiger partial charge in [-0.2, -0.15) is 11.8 Å². The fourth-order valence-electron chi connectivity index (χ4n) is 3.35. The number of thioether (sulfide) groups is 2. The fourth-order valence-corrected chi connectivity index (χ4v) is 5.56. The summed E-state index contributed by atoms with van der Waals surface area (Å²) in [6.07, 6.45) is 2.03. The molecule has 0 saturated carbocycles. The third-order valence-corrected chi connectivity index (χ3v) is 6.84. The Bertz CT molecular complexity index is 794. The molecular formula is C17H19N3O2S2. The predicted octanol–water partition coefficient (Wildman–Crippen LogP) is 3.02. The van der Waals surface area contributed by atoms with Crippen molar-refractivity contribution in [3.63, 3.8) is 0 Å². The Kier molecular flexibility index (Phi) is 4.45. The lowest BCUT2D eigenvalue weighted by atomic mass is 10.1. The maximum absolute atomic E-state index is 12.7. The number of nitrogens with one attached hydrogen (secondary N) is 2. The molecule has 0 spiro atoms. The summed E-state index contributed by atoms with van der Waals surface area (Å²) in [7, 11) is 0. The number of aromatic nitrogens is 2. The van der Waals surface area contributed by atoms with Crippen LogP contribution < -0.4 is 10.9 Å². The van der Waals surface area contributed by atoms with Crippen LogP contribution >= 0.6 is 23.5 Å². The maximum Gasteiger partial charge on any atom is 0.270 e. The van der Waals surface area contributed by atoms with E-state index in [9.17, 15) is 9.59 Å². The van der Waals surface area contributed by atoms with Gasteiger partial charge in [0, 0.05) is 0 Å². The van der Waals surface area contributed by atoms with Crippen molar-refractivity contribution >= 4 is 35.2 Å². The van der Waals surface area contributed by atoms with Gasteiger partial charge in [0.05, 0.1) is 22.6 Å². The van der Waals surface area contributed by atoms with Gasteiger partial charge in [-0.15, -0.1) is 11.8 Å². The van der Waals surface area contributed by atoms with E-state index >= 15 is 0 Å². The monoisotopic (exact) mass is 361 g/mol. The predicted molar refractivity (Wildman–Crippen MR) is 100 cm³/mol. The van der Waals surface area contributed by atoms with Crippen LogP contribution in [0.5, 0.6) is 0 Å². The van der Waals surface area contributed by atoms with Gasteiger partial charge in [-0.1, -0.05) is 30.3 Å². The van der Waals surface area contributed by atoms with Gasteiger partial charge in [-0.05, 0) is 29.9 Å². The van der Waals surface area contributed by atoms with Crippen molar-refractivity contribution in [2.75, 3.05) is 22.6 Å². The summed E-state index contributed by atoms with van der Waals surface area (Å²) >= 11 is 3.46. The number of aromatic amines is 1. The van der Waals surface area contributed by atoms with Gasteiger partial charge in [0.1, 0.15) is 5.82 Å². The van der Waals surface area contributed by atoms with Crippen LogP contribution in [0.3, 0.4) is 0 Å². The van der Waals surface area contributed by atoms with Gasteiger partial charge in [-0.3, -0.25) is 19.4 Å². The molecule has 1 aromatic heterocycles. The van der Waals surface area contributed by atoms with E-state index in [-0.39, 0.29) is 22.8 Å². The molecule has 0 bridgehead atoms. The average molecular weight is 361 g/mol. The second kappa shape index (κ2) is 6.72. The Hall–Kier alpha value is -1.60. The zero-order chi connectivity index (χ0) is 16.5. The van der Waals surface area contributed by atoms with E-state index in [1.54, 1.807) is 0 Å². The van der Waals surface area contributed by atoms with E-state index in [0.29, 0.717) is 17.1 Å². The van der Waals surface area contributed by atoms with Crippen LogP contribution in [0, 0.1) is 0 Å². The lowest BCUT2D eigenvalue weighted by molar-refractivity contribution is -0.113. The summed E-state index contributed by atoms with van der Waals surface area (Å²) in [5.74, 6) is 3.15. The van der Waals surface area contributed by atoms with Crippen molar-refractivity contribution in [1.82, 2.24) is 9.78 Å². The van der Waals surface area contributed by atoms with Crippen molar-refractivity contribution in [3.05, 3.63) is 51.8 Å². The van der Waals surface area contributed by atoms with E-state index < -0.39 is 0 Å². The minimum Gasteiger partial charge on any atom is -0.310 e. The van der Waals surface area contributed by atoms with Crippen molar-refractivity contribution in [1.29, 1.82) is 0 Å². The van der Waals surface area contributed by atoms with E-state index in [1.165, 1.54) is 11.8 Å². The first-order valence-electron chi connectivity index (χ1n) is 8.12. The van der Waals surface area contributed by atoms with Crippen LogP contribution in [-0.4, -0.2) is 32.9 Å². The number of amides is 1. The Morgan fingerprint density at radius 2 is 1.83 bits per heavy atom. The molecule has 1 amide bonds. The molecule has 2 N–H and O–H groups in total. The topological polar surface area (TPSA) is 66.9 Å². The van der Waals surface area contributed by atoms with Crippen LogP contribution in [0.1, 0.15) is 35.3 Å². The maximum atomic E-state index is 12.7. The van der Waals surface area contributed by atoms with Crippen LogP contribution in [0.4, 0.5) is 5.82 Å². The van der Waals surface area contributed by atoms with Crippen LogP contribution in [0.15, 0.2) is 35.1 Å². The van der Waals surface area contributed by atoms with Crippen molar-refractivity contribution in [2.24, 2.45) is 0 Å². The molecule has 1 unspecified atom stereocenters. The molecule has 0 radical (unpaired) electrons. The van der Waals surface area contributed by atoms with Crippen LogP contribution in [-0.2, 0) is 4.79 Å². The minimum atomic E-state index is -0.122. The third-order valence-electron chi connectivity index (χ3n) is 4.52. The number of nitrogens with zero attached hydrogens (tertiary/aromatic N) is 1. The molecular weight excluding hydrogens is 342 g/mol. The van der Waals surface area contributed by atoms with Crippen LogP contribution in [0.2, 0.25) is 0 Å². The summed E-state index contributed by atoms with van der Waals surface area (Å²) in [5, 5.41) is 5.85. The Labute approximate surface area is 148 Å². The molecule has 2 aliphatic rings. The molecule has 5 nitrogen and oxygen atoms in total. The molecule has 1 atom stereocenters. The second-order valence-electron chi connectivity index (χ2n) is 6.07. The molecule has 1 aromatic carbocycles. The highest BCUT2D eigenvalue weighted by atomic mass is 32.2. The Morgan fingerprint density at radius 3 is 2.58 bits per heavy atom. The van der Waals surface area contributed by atoms with Gasteiger partial charge < -0.3 is 5.32 Å². The molecule has 2 aliphatic heterocycles. The lowest BCUT2D eigenvalue weighted by Gasteiger charge is -2.24. The number of anilines is 1. The smallest absolute Gasteiger partial charge is 0.270 e. The first-order valence-corrected chi connectivity index (χ1v) is 10.3. The SMILES string of the molecule is O=C1CSC(c2ccccc2)c2c(n(C3CCSCC3)[nH]c2=O)N1. The fraction of sp³-hybridized carbons (Fsp3) is 0.412. The van der Waals surface area contributed by atoms with Gasteiger partial charge >= 0.3 is 0 Å². The summed E-state index contributed by atoms with van der Waals surface area (Å²) < 4.78 is 1.91. The highest BCUT2D eigenvalue weighted by molar-refractivity contribution is 8.00. The molecule has 3 heterocycles. The van der Waals surface area contributed by atoms with Gasteiger partial charge in [0.25, 0.3) is 5.56 Å². The number of fused-ring (bicyclic) bond motifs is 1. The zero-order valence-corrected chi connectivity index (χ0v) is 14.8. The molecule has 4 rings (SSSR count). The van der Waals surface area contributed by atoms with Crippen molar-refractivity contribution < 1.29 is 4.79 Å². The molecule has 24 heavy (non-hydrogen) atoms. The minimum absolute atomic E-state index is 0.0439. The highest BCUT2D eigenvalue weighted by Crippen LogP contribution is 2.41. The third kappa shape index (κ3) is 2.91. The first kappa shape index (κ1) is 15.9. The summed E-state index contributed by atoms with van der Waals surface area (Å²) in [6, 6.07) is 10.2. The Balaban J connectivity index is 1.82.